The fraction of sp³-hybridized carbons (Fsp3) is 0.632. The van der Waals surface area contributed by atoms with E-state index in [2.05, 4.69) is 36.2 Å². The summed E-state index contributed by atoms with van der Waals surface area (Å²) in [4.78, 5) is 16.7. The van der Waals surface area contributed by atoms with Crippen molar-refractivity contribution in [2.24, 2.45) is 11.8 Å². The highest BCUT2D eigenvalue weighted by atomic mass is 16.2. The molecule has 1 aromatic carbocycles. The fourth-order valence-electron chi connectivity index (χ4n) is 3.60. The molecular weight excluding hydrogens is 286 g/mol. The third-order valence-corrected chi connectivity index (χ3v) is 5.21. The third kappa shape index (κ3) is 4.18. The molecule has 2 amide bonds. The van der Waals surface area contributed by atoms with Gasteiger partial charge in [-0.25, -0.2) is 4.79 Å². The summed E-state index contributed by atoms with van der Waals surface area (Å²) in [5.41, 5.74) is 2.16. The molecule has 2 saturated heterocycles. The molecule has 1 unspecified atom stereocenters. The summed E-state index contributed by atoms with van der Waals surface area (Å²) in [6.45, 7) is 8.57. The van der Waals surface area contributed by atoms with Gasteiger partial charge in [0.1, 0.15) is 0 Å². The van der Waals surface area contributed by atoms with Gasteiger partial charge in [0.2, 0.25) is 0 Å². The first-order valence-corrected chi connectivity index (χ1v) is 9.03. The standard InChI is InChI=1S/C19H29N3O/c1-15-9-12-21(13-10-15)18-7-5-17(6-8-18)20-19(23)22-11-3-4-16(2)14-22/h5-8,15-16H,3-4,9-14H2,1-2H3,(H,20,23). The maximum Gasteiger partial charge on any atom is 0.321 e. The van der Waals surface area contributed by atoms with Crippen molar-refractivity contribution >= 4 is 17.4 Å². The highest BCUT2D eigenvalue weighted by Crippen LogP contribution is 2.24. The van der Waals surface area contributed by atoms with Gasteiger partial charge in [0.25, 0.3) is 0 Å². The van der Waals surface area contributed by atoms with E-state index in [0.29, 0.717) is 5.92 Å². The van der Waals surface area contributed by atoms with Gasteiger partial charge >= 0.3 is 6.03 Å². The minimum absolute atomic E-state index is 0.0381. The summed E-state index contributed by atoms with van der Waals surface area (Å²) in [5, 5.41) is 3.04. The van der Waals surface area contributed by atoms with Gasteiger partial charge in [0.05, 0.1) is 0 Å². The van der Waals surface area contributed by atoms with E-state index in [1.165, 1.54) is 24.9 Å². The van der Waals surface area contributed by atoms with E-state index in [1.807, 2.05) is 17.0 Å². The van der Waals surface area contributed by atoms with Gasteiger partial charge in [-0.15, -0.1) is 0 Å². The molecule has 3 rings (SSSR count). The van der Waals surface area contributed by atoms with Crippen molar-refractivity contribution in [1.82, 2.24) is 4.90 Å². The lowest BCUT2D eigenvalue weighted by atomic mass is 9.99. The average Bonchev–Trinajstić information content (AvgIpc) is 2.56. The lowest BCUT2D eigenvalue weighted by Gasteiger charge is -2.32. The fourth-order valence-corrected chi connectivity index (χ4v) is 3.60. The van der Waals surface area contributed by atoms with Gasteiger partial charge in [0.15, 0.2) is 0 Å². The molecule has 1 N–H and O–H groups in total. The second kappa shape index (κ2) is 7.24. The molecule has 0 radical (unpaired) electrons. The van der Waals surface area contributed by atoms with E-state index in [0.717, 1.165) is 44.2 Å². The number of piperidine rings is 2. The van der Waals surface area contributed by atoms with Crippen LogP contribution in [0.1, 0.15) is 39.5 Å². The number of hydrogen-bond donors (Lipinski definition) is 1. The van der Waals surface area contributed by atoms with Crippen molar-refractivity contribution < 1.29 is 4.79 Å². The molecule has 0 aromatic heterocycles. The Labute approximate surface area is 139 Å². The Bertz CT molecular complexity index is 520. The van der Waals surface area contributed by atoms with Crippen LogP contribution in [0.5, 0.6) is 0 Å². The number of urea groups is 1. The van der Waals surface area contributed by atoms with Crippen LogP contribution < -0.4 is 10.2 Å². The predicted molar refractivity (Wildman–Crippen MR) is 96.0 cm³/mol. The SMILES string of the molecule is CC1CCN(c2ccc(NC(=O)N3CCCC(C)C3)cc2)CC1. The summed E-state index contributed by atoms with van der Waals surface area (Å²) < 4.78 is 0. The first-order chi connectivity index (χ1) is 11.1. The number of carbonyl (C=O) groups excluding carboxylic acids is 1. The topological polar surface area (TPSA) is 35.6 Å². The summed E-state index contributed by atoms with van der Waals surface area (Å²) in [6, 6.07) is 8.35. The largest absolute Gasteiger partial charge is 0.372 e. The molecule has 23 heavy (non-hydrogen) atoms. The van der Waals surface area contributed by atoms with Crippen LogP contribution in [0.2, 0.25) is 0 Å². The van der Waals surface area contributed by atoms with E-state index in [4.69, 9.17) is 0 Å². The molecule has 2 aliphatic heterocycles. The molecule has 4 nitrogen and oxygen atoms in total. The van der Waals surface area contributed by atoms with E-state index >= 15 is 0 Å². The molecule has 0 bridgehead atoms. The summed E-state index contributed by atoms with van der Waals surface area (Å²) >= 11 is 0. The van der Waals surface area contributed by atoms with E-state index in [-0.39, 0.29) is 6.03 Å². The number of benzene rings is 1. The van der Waals surface area contributed by atoms with Gasteiger partial charge in [-0.1, -0.05) is 13.8 Å². The Morgan fingerprint density at radius 1 is 1.00 bits per heavy atom. The first-order valence-electron chi connectivity index (χ1n) is 9.03. The zero-order chi connectivity index (χ0) is 16.2. The molecule has 1 atom stereocenters. The number of amides is 2. The molecule has 4 heteroatoms. The van der Waals surface area contributed by atoms with Crippen molar-refractivity contribution in [3.8, 4) is 0 Å². The number of rotatable bonds is 2. The van der Waals surface area contributed by atoms with Crippen LogP contribution in [0.25, 0.3) is 0 Å². The smallest absolute Gasteiger partial charge is 0.321 e. The molecule has 0 saturated carbocycles. The maximum absolute atomic E-state index is 12.3. The number of carbonyl (C=O) groups is 1. The van der Waals surface area contributed by atoms with Crippen LogP contribution in [0.4, 0.5) is 16.2 Å². The second-order valence-electron chi connectivity index (χ2n) is 7.34. The average molecular weight is 315 g/mol. The normalized spacial score (nSPS) is 23.0. The maximum atomic E-state index is 12.3. The van der Waals surface area contributed by atoms with Crippen LogP contribution in [0, 0.1) is 11.8 Å². The Morgan fingerprint density at radius 3 is 2.35 bits per heavy atom. The molecule has 2 aliphatic rings. The number of likely N-dealkylation sites (tertiary alicyclic amines) is 1. The molecular formula is C19H29N3O. The molecule has 2 fully saturated rings. The van der Waals surface area contributed by atoms with E-state index in [1.54, 1.807) is 0 Å². The highest BCUT2D eigenvalue weighted by Gasteiger charge is 2.21. The number of nitrogens with one attached hydrogen (secondary N) is 1. The van der Waals surface area contributed by atoms with Crippen LogP contribution in [-0.2, 0) is 0 Å². The van der Waals surface area contributed by atoms with Gasteiger partial charge in [-0.3, -0.25) is 0 Å². The zero-order valence-electron chi connectivity index (χ0n) is 14.4. The number of anilines is 2. The summed E-state index contributed by atoms with van der Waals surface area (Å²) in [5.74, 6) is 1.45. The molecule has 0 spiro atoms. The van der Waals surface area contributed by atoms with Crippen molar-refractivity contribution in [2.75, 3.05) is 36.4 Å². The van der Waals surface area contributed by atoms with E-state index < -0.39 is 0 Å². The first kappa shape index (κ1) is 16.2. The lowest BCUT2D eigenvalue weighted by Crippen LogP contribution is -2.41. The quantitative estimate of drug-likeness (QED) is 0.888. The van der Waals surface area contributed by atoms with Crippen molar-refractivity contribution in [3.05, 3.63) is 24.3 Å². The van der Waals surface area contributed by atoms with Crippen LogP contribution in [0.15, 0.2) is 24.3 Å². The number of nitrogens with zero attached hydrogens (tertiary/aromatic N) is 2. The minimum atomic E-state index is 0.0381. The highest BCUT2D eigenvalue weighted by molar-refractivity contribution is 5.89. The Kier molecular flexibility index (Phi) is 5.09. The van der Waals surface area contributed by atoms with Gasteiger partial charge in [-0.2, -0.15) is 0 Å². The van der Waals surface area contributed by atoms with Crippen LogP contribution in [0.3, 0.4) is 0 Å². The van der Waals surface area contributed by atoms with Crippen LogP contribution in [-0.4, -0.2) is 37.1 Å². The van der Waals surface area contributed by atoms with Crippen molar-refractivity contribution in [1.29, 1.82) is 0 Å². The third-order valence-electron chi connectivity index (χ3n) is 5.21. The zero-order valence-corrected chi connectivity index (χ0v) is 14.4. The van der Waals surface area contributed by atoms with E-state index in [9.17, 15) is 4.79 Å². The second-order valence-corrected chi connectivity index (χ2v) is 7.34. The molecule has 126 valence electrons. The van der Waals surface area contributed by atoms with Crippen molar-refractivity contribution in [2.45, 2.75) is 39.5 Å². The van der Waals surface area contributed by atoms with Gasteiger partial charge < -0.3 is 15.1 Å². The van der Waals surface area contributed by atoms with Gasteiger partial charge in [0, 0.05) is 37.6 Å². The Hall–Kier alpha value is -1.71. The predicted octanol–water partition coefficient (Wildman–Crippen LogP) is 4.19. The van der Waals surface area contributed by atoms with Gasteiger partial charge in [-0.05, 0) is 61.8 Å². The Balaban J connectivity index is 1.56. The molecule has 0 aliphatic carbocycles. The number of hydrogen-bond acceptors (Lipinski definition) is 2. The minimum Gasteiger partial charge on any atom is -0.372 e. The Morgan fingerprint density at radius 2 is 1.70 bits per heavy atom. The lowest BCUT2D eigenvalue weighted by molar-refractivity contribution is 0.182. The van der Waals surface area contributed by atoms with Crippen molar-refractivity contribution in [3.63, 3.8) is 0 Å². The summed E-state index contributed by atoms with van der Waals surface area (Å²) in [7, 11) is 0. The van der Waals surface area contributed by atoms with Crippen LogP contribution >= 0.6 is 0 Å². The summed E-state index contributed by atoms with van der Waals surface area (Å²) in [6.07, 6.45) is 4.88. The molecule has 1 aromatic rings. The monoisotopic (exact) mass is 315 g/mol. The molecule has 2 heterocycles.